The number of aromatic hydroxyl groups is 1. The van der Waals surface area contributed by atoms with Crippen LogP contribution < -0.4 is 5.32 Å². The molecule has 1 amide bonds. The highest BCUT2D eigenvalue weighted by atomic mass is 16.3. The van der Waals surface area contributed by atoms with Gasteiger partial charge in [-0.3, -0.25) is 4.79 Å². The van der Waals surface area contributed by atoms with Gasteiger partial charge in [-0.1, -0.05) is 30.3 Å². The molecule has 1 aromatic carbocycles. The number of benzene rings is 1. The summed E-state index contributed by atoms with van der Waals surface area (Å²) in [5, 5.41) is 12.1. The Balaban J connectivity index is 1.31. The molecule has 1 aliphatic heterocycles. The fraction of sp³-hybridized carbons (Fsp3) is 0.429. The molecule has 5 nitrogen and oxygen atoms in total. The molecular formula is C21H27N3O2. The summed E-state index contributed by atoms with van der Waals surface area (Å²) < 4.78 is 0. The highest BCUT2D eigenvalue weighted by Gasteiger charge is 2.19. The number of aryl methyl sites for hydroxylation is 1. The summed E-state index contributed by atoms with van der Waals surface area (Å²) in [4.78, 5) is 18.3. The van der Waals surface area contributed by atoms with E-state index in [4.69, 9.17) is 0 Å². The van der Waals surface area contributed by atoms with Crippen molar-refractivity contribution in [3.05, 3.63) is 59.9 Å². The number of nitrogens with zero attached hydrogens (tertiary/aromatic N) is 2. The maximum absolute atomic E-state index is 12.0. The van der Waals surface area contributed by atoms with Crippen molar-refractivity contribution in [1.82, 2.24) is 15.2 Å². The number of aromatic nitrogens is 1. The molecule has 0 bridgehead atoms. The maximum Gasteiger partial charge on any atom is 0.269 e. The van der Waals surface area contributed by atoms with Gasteiger partial charge >= 0.3 is 0 Å². The predicted molar refractivity (Wildman–Crippen MR) is 102 cm³/mol. The SMILES string of the molecule is O=C(NCCN1CCC(CCc2ccccc2)CC1)c1ccc(O)cn1. The van der Waals surface area contributed by atoms with Gasteiger partial charge in [0.1, 0.15) is 11.4 Å². The van der Waals surface area contributed by atoms with E-state index >= 15 is 0 Å². The second-order valence-corrected chi connectivity index (χ2v) is 6.97. The third-order valence-electron chi connectivity index (χ3n) is 5.09. The first-order chi connectivity index (χ1) is 12.7. The number of hydrogen-bond donors (Lipinski definition) is 2. The first-order valence-electron chi connectivity index (χ1n) is 9.40. The molecule has 1 aliphatic rings. The van der Waals surface area contributed by atoms with Gasteiger partial charge in [-0.2, -0.15) is 0 Å². The first kappa shape index (κ1) is 18.4. The van der Waals surface area contributed by atoms with E-state index in [-0.39, 0.29) is 11.7 Å². The third-order valence-corrected chi connectivity index (χ3v) is 5.09. The Morgan fingerprint density at radius 1 is 1.15 bits per heavy atom. The second kappa shape index (κ2) is 9.34. The van der Waals surface area contributed by atoms with Crippen LogP contribution in [0.3, 0.4) is 0 Å². The van der Waals surface area contributed by atoms with E-state index < -0.39 is 0 Å². The standard InChI is InChI=1S/C21H27N3O2/c25-19-8-9-20(23-16-19)21(26)22-12-15-24-13-10-18(11-14-24)7-6-17-4-2-1-3-5-17/h1-5,8-9,16,18,25H,6-7,10-15H2,(H,22,26). The van der Waals surface area contributed by atoms with Gasteiger partial charge in [0.2, 0.25) is 0 Å². The lowest BCUT2D eigenvalue weighted by atomic mass is 9.90. The van der Waals surface area contributed by atoms with Crippen LogP contribution in [0.15, 0.2) is 48.7 Å². The molecule has 2 aromatic rings. The minimum atomic E-state index is -0.192. The molecule has 26 heavy (non-hydrogen) atoms. The summed E-state index contributed by atoms with van der Waals surface area (Å²) in [7, 11) is 0. The summed E-state index contributed by atoms with van der Waals surface area (Å²) in [5.74, 6) is 0.682. The van der Waals surface area contributed by atoms with Gasteiger partial charge in [-0.15, -0.1) is 0 Å². The van der Waals surface area contributed by atoms with Crippen LogP contribution in [0, 0.1) is 5.92 Å². The van der Waals surface area contributed by atoms with Crippen molar-refractivity contribution in [1.29, 1.82) is 0 Å². The average Bonchev–Trinajstić information content (AvgIpc) is 2.68. The molecule has 0 unspecified atom stereocenters. The summed E-state index contributed by atoms with van der Waals surface area (Å²) in [6.07, 6.45) is 6.19. The Morgan fingerprint density at radius 2 is 1.92 bits per heavy atom. The fourth-order valence-electron chi connectivity index (χ4n) is 3.45. The summed E-state index contributed by atoms with van der Waals surface area (Å²) in [5.41, 5.74) is 1.77. The van der Waals surface area contributed by atoms with Crippen molar-refractivity contribution in [2.75, 3.05) is 26.2 Å². The van der Waals surface area contributed by atoms with Crippen LogP contribution in [0.5, 0.6) is 5.75 Å². The number of amides is 1. The van der Waals surface area contributed by atoms with Gasteiger partial charge in [0.25, 0.3) is 5.91 Å². The van der Waals surface area contributed by atoms with Gasteiger partial charge in [0, 0.05) is 13.1 Å². The lowest BCUT2D eigenvalue weighted by molar-refractivity contribution is 0.0938. The van der Waals surface area contributed by atoms with Gasteiger partial charge in [-0.25, -0.2) is 4.98 Å². The molecule has 0 spiro atoms. The maximum atomic E-state index is 12.0. The summed E-state index contributed by atoms with van der Waals surface area (Å²) >= 11 is 0. The lowest BCUT2D eigenvalue weighted by Gasteiger charge is -2.32. The zero-order valence-electron chi connectivity index (χ0n) is 15.1. The molecule has 1 fully saturated rings. The van der Waals surface area contributed by atoms with E-state index in [1.807, 2.05) is 0 Å². The van der Waals surface area contributed by atoms with E-state index in [1.165, 1.54) is 49.6 Å². The Labute approximate surface area is 155 Å². The predicted octanol–water partition coefficient (Wildman–Crippen LogP) is 2.86. The third kappa shape index (κ3) is 5.56. The number of rotatable bonds is 7. The molecule has 5 heteroatoms. The molecule has 0 radical (unpaired) electrons. The molecule has 0 saturated carbocycles. The Bertz CT molecular complexity index is 680. The van der Waals surface area contributed by atoms with Crippen LogP contribution in [0.2, 0.25) is 0 Å². The number of carbonyl (C=O) groups excluding carboxylic acids is 1. The Hall–Kier alpha value is -2.40. The number of nitrogens with one attached hydrogen (secondary N) is 1. The van der Waals surface area contributed by atoms with E-state index in [0.29, 0.717) is 12.2 Å². The highest BCUT2D eigenvalue weighted by Crippen LogP contribution is 2.22. The highest BCUT2D eigenvalue weighted by molar-refractivity contribution is 5.92. The molecule has 138 valence electrons. The molecule has 3 rings (SSSR count). The van der Waals surface area contributed by atoms with Crippen LogP contribution in [0.4, 0.5) is 0 Å². The average molecular weight is 353 g/mol. The summed E-state index contributed by atoms with van der Waals surface area (Å²) in [6.45, 7) is 3.70. The van der Waals surface area contributed by atoms with E-state index in [2.05, 4.69) is 45.5 Å². The zero-order valence-corrected chi connectivity index (χ0v) is 15.1. The van der Waals surface area contributed by atoms with Crippen LogP contribution in [-0.2, 0) is 6.42 Å². The quantitative estimate of drug-likeness (QED) is 0.803. The van der Waals surface area contributed by atoms with Crippen LogP contribution in [0.25, 0.3) is 0 Å². The molecule has 0 atom stereocenters. The molecule has 1 aromatic heterocycles. The Morgan fingerprint density at radius 3 is 2.62 bits per heavy atom. The van der Waals surface area contributed by atoms with Gasteiger partial charge in [0.05, 0.1) is 6.20 Å². The smallest absolute Gasteiger partial charge is 0.269 e. The number of likely N-dealkylation sites (tertiary alicyclic amines) is 1. The normalized spacial score (nSPS) is 15.7. The van der Waals surface area contributed by atoms with Crippen molar-refractivity contribution < 1.29 is 9.90 Å². The number of pyridine rings is 1. The lowest BCUT2D eigenvalue weighted by Crippen LogP contribution is -2.39. The van der Waals surface area contributed by atoms with Crippen LogP contribution in [-0.4, -0.2) is 47.1 Å². The topological polar surface area (TPSA) is 65.5 Å². The monoisotopic (exact) mass is 353 g/mol. The van der Waals surface area contributed by atoms with Gasteiger partial charge in [-0.05, 0) is 62.4 Å². The fourth-order valence-corrected chi connectivity index (χ4v) is 3.45. The van der Waals surface area contributed by atoms with Crippen LogP contribution in [0.1, 0.15) is 35.3 Å². The molecule has 2 N–H and O–H groups in total. The van der Waals surface area contributed by atoms with E-state index in [1.54, 1.807) is 0 Å². The molecule has 2 heterocycles. The minimum Gasteiger partial charge on any atom is -0.506 e. The zero-order chi connectivity index (χ0) is 18.2. The van der Waals surface area contributed by atoms with Crippen molar-refractivity contribution >= 4 is 5.91 Å². The van der Waals surface area contributed by atoms with Crippen molar-refractivity contribution in [3.8, 4) is 5.75 Å². The van der Waals surface area contributed by atoms with Crippen molar-refractivity contribution in [3.63, 3.8) is 0 Å². The molecular weight excluding hydrogens is 326 g/mol. The molecule has 1 saturated heterocycles. The number of piperidine rings is 1. The number of carbonyl (C=O) groups is 1. The first-order valence-corrected chi connectivity index (χ1v) is 9.40. The van der Waals surface area contributed by atoms with Gasteiger partial charge < -0.3 is 15.3 Å². The largest absolute Gasteiger partial charge is 0.506 e. The molecule has 0 aliphatic carbocycles. The van der Waals surface area contributed by atoms with E-state index in [9.17, 15) is 9.90 Å². The second-order valence-electron chi connectivity index (χ2n) is 6.97. The van der Waals surface area contributed by atoms with E-state index in [0.717, 1.165) is 25.6 Å². The number of hydrogen-bond acceptors (Lipinski definition) is 4. The van der Waals surface area contributed by atoms with Gasteiger partial charge in [0.15, 0.2) is 0 Å². The minimum absolute atomic E-state index is 0.0664. The van der Waals surface area contributed by atoms with Crippen molar-refractivity contribution in [2.45, 2.75) is 25.7 Å². The van der Waals surface area contributed by atoms with Crippen LogP contribution >= 0.6 is 0 Å². The Kier molecular flexibility index (Phi) is 6.61. The summed E-state index contributed by atoms with van der Waals surface area (Å²) in [6, 6.07) is 13.7. The van der Waals surface area contributed by atoms with Crippen molar-refractivity contribution in [2.24, 2.45) is 5.92 Å².